The molecule has 0 amide bonds. The first-order valence-corrected chi connectivity index (χ1v) is 12.7. The van der Waals surface area contributed by atoms with Crippen LogP contribution in [0.2, 0.25) is 0 Å². The zero-order valence-corrected chi connectivity index (χ0v) is 21.9. The molecule has 2 N–H and O–H groups in total. The second-order valence-electron chi connectivity index (χ2n) is 9.71. The number of ketones is 2. The Hall–Kier alpha value is -5.10. The predicted molar refractivity (Wildman–Crippen MR) is 153 cm³/mol. The van der Waals surface area contributed by atoms with Crippen LogP contribution < -0.4 is 0 Å². The van der Waals surface area contributed by atoms with Gasteiger partial charge in [0.05, 0.1) is 0 Å². The summed E-state index contributed by atoms with van der Waals surface area (Å²) < 4.78 is 0. The largest absolute Gasteiger partial charge is 0.478 e. The Bertz CT molecular complexity index is 1540. The van der Waals surface area contributed by atoms with E-state index in [1.54, 1.807) is 0 Å². The van der Waals surface area contributed by atoms with E-state index in [1.165, 1.54) is 0 Å². The standard InChI is InChI=1S/C34H28O6/c1-34(29-15-10-25-4-2-3-5-26(25)22-29,27-11-6-23(7-12-27)20-30(35)16-18-32(37)38)28-13-8-24(9-14-28)21-31(36)17-19-33(39)40/h2-19,22H,20-21H2,1H3,(H,37,38)(H,39,40)/b18-16+,19-17+. The summed E-state index contributed by atoms with van der Waals surface area (Å²) in [5, 5.41) is 19.7. The second-order valence-corrected chi connectivity index (χ2v) is 9.71. The Morgan fingerprint density at radius 2 is 1.00 bits per heavy atom. The van der Waals surface area contributed by atoms with Gasteiger partial charge in [-0.3, -0.25) is 9.59 Å². The highest BCUT2D eigenvalue weighted by atomic mass is 16.4. The van der Waals surface area contributed by atoms with Gasteiger partial charge in [0.2, 0.25) is 0 Å². The van der Waals surface area contributed by atoms with Crippen LogP contribution in [0.5, 0.6) is 0 Å². The number of rotatable bonds is 11. The molecule has 0 unspecified atom stereocenters. The number of carbonyl (C=O) groups is 4. The minimum absolute atomic E-state index is 0.0931. The zero-order valence-electron chi connectivity index (χ0n) is 21.9. The summed E-state index contributed by atoms with van der Waals surface area (Å²) in [6.07, 6.45) is 4.00. The van der Waals surface area contributed by atoms with Crippen molar-refractivity contribution in [3.63, 3.8) is 0 Å². The summed E-state index contributed by atoms with van der Waals surface area (Å²) >= 11 is 0. The molecule has 200 valence electrons. The fourth-order valence-corrected chi connectivity index (χ4v) is 4.76. The number of carboxylic acids is 2. The van der Waals surface area contributed by atoms with Crippen LogP contribution in [0.15, 0.2) is 115 Å². The summed E-state index contributed by atoms with van der Waals surface area (Å²) in [4.78, 5) is 45.7. The van der Waals surface area contributed by atoms with Crippen LogP contribution in [-0.2, 0) is 37.4 Å². The molecule has 4 aromatic rings. The van der Waals surface area contributed by atoms with Gasteiger partial charge in [0.15, 0.2) is 11.6 Å². The maximum Gasteiger partial charge on any atom is 0.328 e. The molecule has 0 radical (unpaired) electrons. The molecule has 0 aliphatic heterocycles. The topological polar surface area (TPSA) is 109 Å². The van der Waals surface area contributed by atoms with Crippen LogP contribution in [-0.4, -0.2) is 33.7 Å². The van der Waals surface area contributed by atoms with Gasteiger partial charge in [-0.2, -0.15) is 0 Å². The van der Waals surface area contributed by atoms with Gasteiger partial charge in [-0.25, -0.2) is 9.59 Å². The Kier molecular flexibility index (Phi) is 8.50. The third-order valence-corrected chi connectivity index (χ3v) is 6.97. The minimum Gasteiger partial charge on any atom is -0.478 e. The van der Waals surface area contributed by atoms with E-state index >= 15 is 0 Å². The Labute approximate surface area is 231 Å². The highest BCUT2D eigenvalue weighted by molar-refractivity contribution is 5.97. The number of carboxylic acid groups (broad SMARTS) is 2. The molecule has 0 saturated heterocycles. The molecule has 0 aliphatic rings. The monoisotopic (exact) mass is 532 g/mol. The average Bonchev–Trinajstić information content (AvgIpc) is 2.95. The molecule has 0 aromatic heterocycles. The fourth-order valence-electron chi connectivity index (χ4n) is 4.76. The first-order chi connectivity index (χ1) is 19.1. The van der Waals surface area contributed by atoms with Crippen molar-refractivity contribution in [2.45, 2.75) is 25.2 Å². The van der Waals surface area contributed by atoms with Crippen molar-refractivity contribution in [3.05, 3.63) is 143 Å². The smallest absolute Gasteiger partial charge is 0.328 e. The summed E-state index contributed by atoms with van der Waals surface area (Å²) in [6, 6.07) is 29.9. The molecular formula is C34H28O6. The van der Waals surface area contributed by atoms with Crippen molar-refractivity contribution in [1.82, 2.24) is 0 Å². The van der Waals surface area contributed by atoms with Crippen LogP contribution in [0.1, 0.15) is 34.7 Å². The molecule has 0 heterocycles. The summed E-state index contributed by atoms with van der Waals surface area (Å²) in [5.74, 6) is -2.92. The average molecular weight is 533 g/mol. The quantitative estimate of drug-likeness (QED) is 0.190. The first kappa shape index (κ1) is 27.9. The van der Waals surface area contributed by atoms with Crippen LogP contribution in [0.4, 0.5) is 0 Å². The molecule has 4 aromatic carbocycles. The van der Waals surface area contributed by atoms with E-state index in [1.807, 2.05) is 60.7 Å². The normalized spacial score (nSPS) is 11.7. The third kappa shape index (κ3) is 6.66. The van der Waals surface area contributed by atoms with E-state index < -0.39 is 17.4 Å². The number of allylic oxidation sites excluding steroid dienone is 2. The Morgan fingerprint density at radius 1 is 0.575 bits per heavy atom. The SMILES string of the molecule is CC(c1ccc(CC(=O)/C=C/C(=O)O)cc1)(c1ccc(CC(=O)/C=C/C(=O)O)cc1)c1ccc2ccccc2c1. The molecule has 0 aliphatic carbocycles. The summed E-state index contributed by atoms with van der Waals surface area (Å²) in [5.41, 5.74) is 4.01. The van der Waals surface area contributed by atoms with Crippen LogP contribution in [0.3, 0.4) is 0 Å². The van der Waals surface area contributed by atoms with E-state index in [0.717, 1.165) is 62.9 Å². The molecule has 0 spiro atoms. The number of carbonyl (C=O) groups excluding carboxylic acids is 2. The maximum atomic E-state index is 12.1. The summed E-state index contributed by atoms with van der Waals surface area (Å²) in [6.45, 7) is 2.13. The Balaban J connectivity index is 1.71. The first-order valence-electron chi connectivity index (χ1n) is 12.7. The molecule has 0 fully saturated rings. The van der Waals surface area contributed by atoms with Crippen molar-refractivity contribution in [1.29, 1.82) is 0 Å². The van der Waals surface area contributed by atoms with Crippen LogP contribution in [0, 0.1) is 0 Å². The highest BCUT2D eigenvalue weighted by Crippen LogP contribution is 2.40. The predicted octanol–water partition coefficient (Wildman–Crippen LogP) is 5.70. The van der Waals surface area contributed by atoms with Gasteiger partial charge in [0.25, 0.3) is 0 Å². The van der Waals surface area contributed by atoms with E-state index in [-0.39, 0.29) is 24.4 Å². The molecule has 6 nitrogen and oxygen atoms in total. The van der Waals surface area contributed by atoms with Gasteiger partial charge in [-0.1, -0.05) is 84.9 Å². The number of benzene rings is 4. The third-order valence-electron chi connectivity index (χ3n) is 6.97. The lowest BCUT2D eigenvalue weighted by molar-refractivity contribution is -0.132. The molecule has 6 heteroatoms. The Morgan fingerprint density at radius 3 is 1.45 bits per heavy atom. The lowest BCUT2D eigenvalue weighted by Gasteiger charge is -2.32. The summed E-state index contributed by atoms with van der Waals surface area (Å²) in [7, 11) is 0. The van der Waals surface area contributed by atoms with Gasteiger partial charge in [-0.05, 0) is 63.7 Å². The van der Waals surface area contributed by atoms with Gasteiger partial charge >= 0.3 is 11.9 Å². The fraction of sp³-hybridized carbons (Fsp3) is 0.118. The molecule has 0 bridgehead atoms. The van der Waals surface area contributed by atoms with Gasteiger partial charge in [-0.15, -0.1) is 0 Å². The second kappa shape index (κ2) is 12.2. The molecule has 4 rings (SSSR count). The van der Waals surface area contributed by atoms with Crippen molar-refractivity contribution in [2.24, 2.45) is 0 Å². The van der Waals surface area contributed by atoms with Crippen molar-refractivity contribution >= 4 is 34.3 Å². The number of fused-ring (bicyclic) bond motifs is 1. The van der Waals surface area contributed by atoms with E-state index in [9.17, 15) is 19.2 Å². The number of hydrogen-bond donors (Lipinski definition) is 2. The van der Waals surface area contributed by atoms with Gasteiger partial charge < -0.3 is 10.2 Å². The van der Waals surface area contributed by atoms with E-state index in [4.69, 9.17) is 10.2 Å². The lowest BCUT2D eigenvalue weighted by atomic mass is 9.70. The van der Waals surface area contributed by atoms with Crippen molar-refractivity contribution in [3.8, 4) is 0 Å². The van der Waals surface area contributed by atoms with Crippen molar-refractivity contribution in [2.75, 3.05) is 0 Å². The number of aliphatic carboxylic acids is 2. The zero-order chi connectivity index (χ0) is 28.7. The van der Waals surface area contributed by atoms with Gasteiger partial charge in [0.1, 0.15) is 0 Å². The molecule has 40 heavy (non-hydrogen) atoms. The van der Waals surface area contributed by atoms with Crippen LogP contribution >= 0.6 is 0 Å². The van der Waals surface area contributed by atoms with E-state index in [2.05, 4.69) is 37.3 Å². The maximum absolute atomic E-state index is 12.1. The van der Waals surface area contributed by atoms with E-state index in [0.29, 0.717) is 0 Å². The number of hydrogen-bond acceptors (Lipinski definition) is 4. The minimum atomic E-state index is -1.16. The lowest BCUT2D eigenvalue weighted by Crippen LogP contribution is -2.25. The van der Waals surface area contributed by atoms with Crippen molar-refractivity contribution < 1.29 is 29.4 Å². The molecule has 0 atom stereocenters. The molecule has 0 saturated carbocycles. The van der Waals surface area contributed by atoms with Gasteiger partial charge in [0, 0.05) is 30.4 Å². The highest BCUT2D eigenvalue weighted by Gasteiger charge is 2.31. The van der Waals surface area contributed by atoms with Crippen LogP contribution in [0.25, 0.3) is 10.8 Å². The molecular weight excluding hydrogens is 504 g/mol.